The number of primary amides is 1. The number of hydrogen-bond acceptors (Lipinski definition) is 2. The van der Waals surface area contributed by atoms with Crippen LogP contribution in [0.25, 0.3) is 0 Å². The Kier molecular flexibility index (Phi) is 2.67. The molecule has 2 N–H and O–H groups in total. The van der Waals surface area contributed by atoms with Crippen LogP contribution in [0, 0.1) is 5.41 Å². The number of hydrogen-bond donors (Lipinski definition) is 1. The molecule has 1 aliphatic rings. The van der Waals surface area contributed by atoms with Gasteiger partial charge in [-0.15, -0.1) is 0 Å². The van der Waals surface area contributed by atoms with Gasteiger partial charge in [-0.1, -0.05) is 0 Å². The number of rotatable bonds is 3. The molecule has 0 radical (unpaired) electrons. The average Bonchev–Trinajstić information content (AvgIpc) is 2.34. The molecule has 0 saturated carbocycles. The fourth-order valence-electron chi connectivity index (χ4n) is 1.57. The number of carbonyl (C=O) groups excluding carboxylic acids is 1. The second kappa shape index (κ2) is 3.39. The zero-order chi connectivity index (χ0) is 9.19. The van der Waals surface area contributed by atoms with E-state index in [4.69, 9.17) is 5.73 Å². The van der Waals surface area contributed by atoms with E-state index in [2.05, 4.69) is 0 Å². The first kappa shape index (κ1) is 9.45. The normalized spacial score (nSPS) is 30.8. The average molecular weight is 174 g/mol. The van der Waals surface area contributed by atoms with Crippen LogP contribution in [0.1, 0.15) is 13.3 Å². The number of nitrogens with zero attached hydrogens (tertiary/aromatic N) is 1. The number of alkyl halides is 1. The number of carbonyl (C=O) groups is 1. The number of halogens is 1. The van der Waals surface area contributed by atoms with Crippen molar-refractivity contribution in [2.75, 3.05) is 26.3 Å². The Morgan fingerprint density at radius 2 is 2.42 bits per heavy atom. The molecule has 0 aromatic carbocycles. The van der Waals surface area contributed by atoms with E-state index < -0.39 is 5.41 Å². The Morgan fingerprint density at radius 3 is 2.83 bits per heavy atom. The Morgan fingerprint density at radius 1 is 1.75 bits per heavy atom. The molecule has 1 unspecified atom stereocenters. The molecule has 1 atom stereocenters. The smallest absolute Gasteiger partial charge is 0.224 e. The van der Waals surface area contributed by atoms with E-state index in [1.165, 1.54) is 0 Å². The van der Waals surface area contributed by atoms with Crippen LogP contribution >= 0.6 is 0 Å². The van der Waals surface area contributed by atoms with E-state index >= 15 is 0 Å². The van der Waals surface area contributed by atoms with Gasteiger partial charge in [-0.25, -0.2) is 4.39 Å². The van der Waals surface area contributed by atoms with Crippen LogP contribution in [0.15, 0.2) is 0 Å². The molecule has 1 rings (SSSR count). The van der Waals surface area contributed by atoms with Crippen molar-refractivity contribution in [1.82, 2.24) is 4.90 Å². The lowest BCUT2D eigenvalue weighted by Crippen LogP contribution is -2.37. The van der Waals surface area contributed by atoms with E-state index in [0.29, 0.717) is 13.1 Å². The molecule has 70 valence electrons. The Labute approximate surface area is 71.7 Å². The first-order chi connectivity index (χ1) is 5.58. The topological polar surface area (TPSA) is 46.3 Å². The maximum absolute atomic E-state index is 11.9. The summed E-state index contributed by atoms with van der Waals surface area (Å²) in [5, 5.41) is 0. The fraction of sp³-hybridized carbons (Fsp3) is 0.875. The maximum Gasteiger partial charge on any atom is 0.224 e. The van der Waals surface area contributed by atoms with Gasteiger partial charge in [0.05, 0.1) is 5.41 Å². The van der Waals surface area contributed by atoms with Gasteiger partial charge in [0.2, 0.25) is 5.91 Å². The molecule has 1 amide bonds. The SMILES string of the molecule is CC1(C(N)=O)CCN(CCF)C1. The molecule has 1 fully saturated rings. The van der Waals surface area contributed by atoms with E-state index in [-0.39, 0.29) is 12.6 Å². The predicted octanol–water partition coefficient (Wildman–Crippen LogP) is 0.153. The van der Waals surface area contributed by atoms with Gasteiger partial charge in [0.1, 0.15) is 6.67 Å². The zero-order valence-corrected chi connectivity index (χ0v) is 7.35. The van der Waals surface area contributed by atoms with Crippen LogP contribution in [0.2, 0.25) is 0 Å². The van der Waals surface area contributed by atoms with Crippen molar-refractivity contribution in [3.05, 3.63) is 0 Å². The third kappa shape index (κ3) is 1.75. The molecule has 4 heteroatoms. The summed E-state index contributed by atoms with van der Waals surface area (Å²) < 4.78 is 11.9. The van der Waals surface area contributed by atoms with Crippen LogP contribution in [-0.4, -0.2) is 37.1 Å². The van der Waals surface area contributed by atoms with Crippen molar-refractivity contribution in [3.63, 3.8) is 0 Å². The molecule has 0 spiro atoms. The van der Waals surface area contributed by atoms with E-state index in [0.717, 1.165) is 13.0 Å². The molecule has 1 heterocycles. The maximum atomic E-state index is 11.9. The second-order valence-corrected chi connectivity index (χ2v) is 3.64. The first-order valence-electron chi connectivity index (χ1n) is 4.17. The van der Waals surface area contributed by atoms with E-state index in [1.807, 2.05) is 11.8 Å². The summed E-state index contributed by atoms with van der Waals surface area (Å²) in [6.07, 6.45) is 0.752. The zero-order valence-electron chi connectivity index (χ0n) is 7.35. The van der Waals surface area contributed by atoms with Crippen molar-refractivity contribution in [2.24, 2.45) is 11.1 Å². The van der Waals surface area contributed by atoms with Crippen LogP contribution in [-0.2, 0) is 4.79 Å². The van der Waals surface area contributed by atoms with Gasteiger partial charge >= 0.3 is 0 Å². The van der Waals surface area contributed by atoms with Crippen LogP contribution in [0.3, 0.4) is 0 Å². The van der Waals surface area contributed by atoms with Crippen molar-refractivity contribution in [1.29, 1.82) is 0 Å². The molecule has 1 aliphatic heterocycles. The summed E-state index contributed by atoms with van der Waals surface area (Å²) in [6, 6.07) is 0. The van der Waals surface area contributed by atoms with Gasteiger partial charge in [-0.3, -0.25) is 9.69 Å². The summed E-state index contributed by atoms with van der Waals surface area (Å²) in [7, 11) is 0. The Hall–Kier alpha value is -0.640. The van der Waals surface area contributed by atoms with E-state index in [9.17, 15) is 9.18 Å². The lowest BCUT2D eigenvalue weighted by molar-refractivity contribution is -0.126. The van der Waals surface area contributed by atoms with Gasteiger partial charge in [0, 0.05) is 13.1 Å². The molecule has 0 aromatic heterocycles. The summed E-state index contributed by atoms with van der Waals surface area (Å²) in [6.45, 7) is 3.29. The molecule has 0 bridgehead atoms. The van der Waals surface area contributed by atoms with Crippen LogP contribution < -0.4 is 5.73 Å². The quantitative estimate of drug-likeness (QED) is 0.662. The molecular formula is C8H15FN2O. The minimum Gasteiger partial charge on any atom is -0.369 e. The summed E-state index contributed by atoms with van der Waals surface area (Å²) in [4.78, 5) is 12.9. The van der Waals surface area contributed by atoms with Crippen LogP contribution in [0.4, 0.5) is 4.39 Å². The predicted molar refractivity (Wildman–Crippen MR) is 44.3 cm³/mol. The number of amides is 1. The monoisotopic (exact) mass is 174 g/mol. The van der Waals surface area contributed by atoms with Crippen molar-refractivity contribution in [3.8, 4) is 0 Å². The van der Waals surface area contributed by atoms with Gasteiger partial charge in [-0.2, -0.15) is 0 Å². The molecule has 0 aliphatic carbocycles. The summed E-state index contributed by atoms with van der Waals surface area (Å²) in [5.74, 6) is -0.274. The second-order valence-electron chi connectivity index (χ2n) is 3.64. The number of nitrogens with two attached hydrogens (primary N) is 1. The van der Waals surface area contributed by atoms with Gasteiger partial charge < -0.3 is 5.73 Å². The summed E-state index contributed by atoms with van der Waals surface area (Å²) in [5.41, 5.74) is 4.80. The first-order valence-corrected chi connectivity index (χ1v) is 4.17. The van der Waals surface area contributed by atoms with Crippen molar-refractivity contribution >= 4 is 5.91 Å². The largest absolute Gasteiger partial charge is 0.369 e. The lowest BCUT2D eigenvalue weighted by Gasteiger charge is -2.19. The minimum absolute atomic E-state index is 0.274. The number of likely N-dealkylation sites (tertiary alicyclic amines) is 1. The fourth-order valence-corrected chi connectivity index (χ4v) is 1.57. The Balaban J connectivity index is 2.49. The van der Waals surface area contributed by atoms with Crippen molar-refractivity contribution < 1.29 is 9.18 Å². The highest BCUT2D eigenvalue weighted by atomic mass is 19.1. The molecule has 3 nitrogen and oxygen atoms in total. The van der Waals surface area contributed by atoms with Crippen LogP contribution in [0.5, 0.6) is 0 Å². The van der Waals surface area contributed by atoms with E-state index in [1.54, 1.807) is 0 Å². The lowest BCUT2D eigenvalue weighted by atomic mass is 9.89. The third-order valence-corrected chi connectivity index (χ3v) is 2.55. The minimum atomic E-state index is -0.435. The highest BCUT2D eigenvalue weighted by Crippen LogP contribution is 2.28. The van der Waals surface area contributed by atoms with Gasteiger partial charge in [-0.05, 0) is 19.9 Å². The highest BCUT2D eigenvalue weighted by molar-refractivity contribution is 5.81. The summed E-state index contributed by atoms with van der Waals surface area (Å²) >= 11 is 0. The third-order valence-electron chi connectivity index (χ3n) is 2.55. The standard InChI is InChI=1S/C8H15FN2O/c1-8(7(10)12)2-4-11(6-8)5-3-9/h2-6H2,1H3,(H2,10,12). The molecule has 1 saturated heterocycles. The Bertz CT molecular complexity index is 186. The molecule has 12 heavy (non-hydrogen) atoms. The van der Waals surface area contributed by atoms with Crippen molar-refractivity contribution in [2.45, 2.75) is 13.3 Å². The molecular weight excluding hydrogens is 159 g/mol. The van der Waals surface area contributed by atoms with Gasteiger partial charge in [0.25, 0.3) is 0 Å². The molecule has 0 aromatic rings. The highest BCUT2D eigenvalue weighted by Gasteiger charge is 2.38. The van der Waals surface area contributed by atoms with Gasteiger partial charge in [0.15, 0.2) is 0 Å².